The van der Waals surface area contributed by atoms with Gasteiger partial charge in [0.15, 0.2) is 6.10 Å². The van der Waals surface area contributed by atoms with E-state index >= 15 is 0 Å². The summed E-state index contributed by atoms with van der Waals surface area (Å²) in [7, 11) is 0. The van der Waals surface area contributed by atoms with Gasteiger partial charge in [0.25, 0.3) is 5.91 Å². The van der Waals surface area contributed by atoms with Gasteiger partial charge in [0, 0.05) is 34.3 Å². The quantitative estimate of drug-likeness (QED) is 0.438. The van der Waals surface area contributed by atoms with Gasteiger partial charge in [-0.3, -0.25) is 4.79 Å². The summed E-state index contributed by atoms with van der Waals surface area (Å²) in [4.78, 5) is 17.7. The second kappa shape index (κ2) is 8.98. The number of fused-ring (bicyclic) bond motifs is 4. The third-order valence-electron chi connectivity index (χ3n) is 8.33. The normalized spacial score (nSPS) is 30.5. The number of benzene rings is 2. The van der Waals surface area contributed by atoms with Gasteiger partial charge in [0.1, 0.15) is 11.6 Å². The molecule has 0 saturated heterocycles. The number of nitrogens with one attached hydrogen (secondary N) is 1. The summed E-state index contributed by atoms with van der Waals surface area (Å²) in [5.74, 6) is -0.410. The maximum Gasteiger partial charge on any atom is 0.261 e. The fraction of sp³-hybridized carbons (Fsp3) is 0.407. The number of imidazole rings is 1. The highest BCUT2D eigenvalue weighted by atomic mass is 35.5. The molecule has 0 spiro atoms. The van der Waals surface area contributed by atoms with E-state index in [0.717, 1.165) is 12.8 Å². The monoisotopic (exact) mass is 545 g/mol. The second-order valence-electron chi connectivity index (χ2n) is 10.4. The van der Waals surface area contributed by atoms with Crippen molar-refractivity contribution < 1.29 is 24.1 Å². The molecule has 2 unspecified atom stereocenters. The molecule has 2 aromatic carbocycles. The highest BCUT2D eigenvalue weighted by molar-refractivity contribution is 6.31. The van der Waals surface area contributed by atoms with Crippen LogP contribution in [0.1, 0.15) is 50.2 Å². The van der Waals surface area contributed by atoms with E-state index in [4.69, 9.17) is 27.9 Å². The predicted octanol–water partition coefficient (Wildman–Crippen LogP) is 4.77. The van der Waals surface area contributed by atoms with E-state index in [1.165, 1.54) is 12.1 Å². The third kappa shape index (κ3) is 4.20. The summed E-state index contributed by atoms with van der Waals surface area (Å²) in [5.41, 5.74) is 0.735. The third-order valence-corrected chi connectivity index (χ3v) is 8.87. The van der Waals surface area contributed by atoms with Gasteiger partial charge in [-0.05, 0) is 62.4 Å². The van der Waals surface area contributed by atoms with Crippen LogP contribution < -0.4 is 10.1 Å². The zero-order valence-corrected chi connectivity index (χ0v) is 21.3. The lowest BCUT2D eigenvalue weighted by Gasteiger charge is -2.56. The van der Waals surface area contributed by atoms with Crippen LogP contribution in [0.3, 0.4) is 0 Å². The largest absolute Gasteiger partial charge is 0.480 e. The van der Waals surface area contributed by atoms with Gasteiger partial charge in [0.05, 0.1) is 34.8 Å². The molecule has 2 bridgehead atoms. The number of halogens is 3. The molecule has 7 rings (SSSR count). The Morgan fingerprint density at radius 1 is 1.14 bits per heavy atom. The number of carbonyl (C=O) groups is 1. The van der Waals surface area contributed by atoms with E-state index in [9.17, 15) is 19.4 Å². The molecule has 1 amide bonds. The Morgan fingerprint density at radius 3 is 2.65 bits per heavy atom. The van der Waals surface area contributed by atoms with Crippen LogP contribution in [-0.4, -0.2) is 43.4 Å². The predicted molar refractivity (Wildman–Crippen MR) is 136 cm³/mol. The molecule has 3 atom stereocenters. The highest BCUT2D eigenvalue weighted by Crippen LogP contribution is 2.51. The molecule has 7 nitrogen and oxygen atoms in total. The number of amides is 1. The Morgan fingerprint density at radius 2 is 1.92 bits per heavy atom. The Kier molecular flexibility index (Phi) is 5.99. The number of aliphatic hydroxyl groups is 2. The van der Waals surface area contributed by atoms with E-state index in [-0.39, 0.29) is 22.9 Å². The molecule has 0 radical (unpaired) electrons. The fourth-order valence-corrected chi connectivity index (χ4v) is 6.42. The van der Waals surface area contributed by atoms with Gasteiger partial charge in [-0.2, -0.15) is 0 Å². The number of hydrogen-bond donors (Lipinski definition) is 3. The molecule has 1 aromatic heterocycles. The molecule has 2 heterocycles. The van der Waals surface area contributed by atoms with Gasteiger partial charge in [0.2, 0.25) is 0 Å². The molecule has 3 aliphatic carbocycles. The van der Waals surface area contributed by atoms with Crippen molar-refractivity contribution in [1.82, 2.24) is 14.9 Å². The van der Waals surface area contributed by atoms with Gasteiger partial charge in [-0.15, -0.1) is 0 Å². The van der Waals surface area contributed by atoms with Crippen molar-refractivity contribution >= 4 is 29.1 Å². The Labute approximate surface area is 223 Å². The molecule has 37 heavy (non-hydrogen) atoms. The zero-order valence-electron chi connectivity index (χ0n) is 19.8. The molecule has 194 valence electrons. The number of hydrogen-bond acceptors (Lipinski definition) is 5. The highest BCUT2D eigenvalue weighted by Gasteiger charge is 2.56. The van der Waals surface area contributed by atoms with Crippen LogP contribution in [0, 0.1) is 5.82 Å². The first kappa shape index (κ1) is 24.7. The molecule has 3 fully saturated rings. The topological polar surface area (TPSA) is 96.6 Å². The number of ether oxygens (including phenoxy) is 1. The van der Waals surface area contributed by atoms with Gasteiger partial charge in [-0.1, -0.05) is 29.3 Å². The summed E-state index contributed by atoms with van der Waals surface area (Å²) in [6, 6.07) is 9.55. The lowest BCUT2D eigenvalue weighted by Crippen LogP contribution is -2.68. The SMILES string of the molecule is O=C(NC12CCC(n3cnc(-c4ccc(Cl)c(F)c4)c3)(CC1)C[C@@H]2O)C1CC(O)c2cc(Cl)ccc2O1. The van der Waals surface area contributed by atoms with Gasteiger partial charge < -0.3 is 24.8 Å². The van der Waals surface area contributed by atoms with Crippen LogP contribution in [0.4, 0.5) is 4.39 Å². The lowest BCUT2D eigenvalue weighted by atomic mass is 9.59. The average Bonchev–Trinajstić information content (AvgIpc) is 3.38. The van der Waals surface area contributed by atoms with Crippen LogP contribution >= 0.6 is 23.2 Å². The van der Waals surface area contributed by atoms with Gasteiger partial charge in [-0.25, -0.2) is 9.37 Å². The molecule has 10 heteroatoms. The van der Waals surface area contributed by atoms with Crippen molar-refractivity contribution in [2.24, 2.45) is 0 Å². The van der Waals surface area contributed by atoms with Gasteiger partial charge >= 0.3 is 0 Å². The number of carbonyl (C=O) groups excluding carboxylic acids is 1. The number of rotatable bonds is 4. The minimum absolute atomic E-state index is 0.0598. The first-order chi connectivity index (χ1) is 17.7. The lowest BCUT2D eigenvalue weighted by molar-refractivity contribution is -0.140. The summed E-state index contributed by atoms with van der Waals surface area (Å²) >= 11 is 11.8. The summed E-state index contributed by atoms with van der Waals surface area (Å²) < 4.78 is 21.9. The molecule has 3 aromatic rings. The van der Waals surface area contributed by atoms with E-state index in [0.29, 0.717) is 46.9 Å². The van der Waals surface area contributed by atoms with Crippen molar-refractivity contribution in [2.45, 2.75) is 67.9 Å². The van der Waals surface area contributed by atoms with Crippen LogP contribution in [0.25, 0.3) is 11.3 Å². The molecular formula is C27H26Cl2FN3O4. The van der Waals surface area contributed by atoms with E-state index in [1.54, 1.807) is 30.6 Å². The van der Waals surface area contributed by atoms with E-state index in [1.807, 2.05) is 10.8 Å². The maximum absolute atomic E-state index is 14.0. The zero-order chi connectivity index (χ0) is 25.9. The minimum Gasteiger partial charge on any atom is -0.480 e. The molecule has 4 aliphatic rings. The first-order valence-corrected chi connectivity index (χ1v) is 13.1. The summed E-state index contributed by atoms with van der Waals surface area (Å²) in [6.07, 6.45) is 4.33. The van der Waals surface area contributed by atoms with Crippen molar-refractivity contribution in [1.29, 1.82) is 0 Å². The summed E-state index contributed by atoms with van der Waals surface area (Å²) in [5, 5.41) is 25.4. The molecule has 1 aliphatic heterocycles. The number of aliphatic hydroxyl groups excluding tert-OH is 2. The molecule has 3 saturated carbocycles. The first-order valence-electron chi connectivity index (χ1n) is 12.3. The van der Waals surface area contributed by atoms with Crippen molar-refractivity contribution in [2.75, 3.05) is 0 Å². The van der Waals surface area contributed by atoms with Crippen LogP contribution in [-0.2, 0) is 10.3 Å². The van der Waals surface area contributed by atoms with Crippen molar-refractivity contribution in [3.05, 3.63) is 70.3 Å². The second-order valence-corrected chi connectivity index (χ2v) is 11.3. The smallest absolute Gasteiger partial charge is 0.261 e. The minimum atomic E-state index is -0.866. The Bertz CT molecular complexity index is 1370. The van der Waals surface area contributed by atoms with E-state index < -0.39 is 29.7 Å². The fourth-order valence-electron chi connectivity index (χ4n) is 6.12. The molecule has 3 N–H and O–H groups in total. The standard InChI is InChI=1S/C27H26Cl2FN3O4/c28-16-2-4-22-17(10-16)21(34)11-23(37-22)25(36)32-27-7-5-26(6-8-27,12-24(27)35)33-13-20(31-14-33)15-1-3-18(29)19(30)9-15/h1-4,9-10,13-14,21,23-24,34-35H,5-8,11-12H2,(H,32,36)/t21?,23?,24-,26?,27?/m0/s1. The van der Waals surface area contributed by atoms with Crippen LogP contribution in [0.5, 0.6) is 5.75 Å². The number of aromatic nitrogens is 2. The van der Waals surface area contributed by atoms with E-state index in [2.05, 4.69) is 10.3 Å². The van der Waals surface area contributed by atoms with Crippen molar-refractivity contribution in [3.8, 4) is 17.0 Å². The molecular weight excluding hydrogens is 520 g/mol. The Hall–Kier alpha value is -2.65. The number of nitrogens with zero attached hydrogens (tertiary/aromatic N) is 2. The summed E-state index contributed by atoms with van der Waals surface area (Å²) in [6.45, 7) is 0. The van der Waals surface area contributed by atoms with Crippen LogP contribution in [0.15, 0.2) is 48.9 Å². The van der Waals surface area contributed by atoms with Crippen LogP contribution in [0.2, 0.25) is 10.0 Å². The maximum atomic E-state index is 14.0. The Balaban J connectivity index is 1.16. The average molecular weight is 546 g/mol. The van der Waals surface area contributed by atoms with Crippen molar-refractivity contribution in [3.63, 3.8) is 0 Å².